The predicted octanol–water partition coefficient (Wildman–Crippen LogP) is 2.74. The SMILES string of the molecule is C.C.C.C.C.CC(COCC(O)CO)OCC(O)CO.CCOCC(C)OCC. The number of hydrogen-bond donors (Lipinski definition) is 4. The summed E-state index contributed by atoms with van der Waals surface area (Å²) in [6.07, 6.45) is -1.75. The van der Waals surface area contributed by atoms with Gasteiger partial charge in [0.05, 0.1) is 51.8 Å². The summed E-state index contributed by atoms with van der Waals surface area (Å²) in [6, 6.07) is 0. The highest BCUT2D eigenvalue weighted by Crippen LogP contribution is 1.95. The summed E-state index contributed by atoms with van der Waals surface area (Å²) in [6.45, 7) is 9.67. The standard InChI is InChI=1S/C9H20O6.C7H16O2.5CH4/c1-7(15-6-9(13)3-11)4-14-5-8(12)2-10;1-4-8-6-7(3)9-5-2;;;;;/h7-13H,2-6H2,1H3;7H,4-6H2,1-3H3;5*1H4. The molecule has 0 aliphatic heterocycles. The lowest BCUT2D eigenvalue weighted by atomic mass is 10.4. The van der Waals surface area contributed by atoms with Crippen LogP contribution in [0.4, 0.5) is 0 Å². The van der Waals surface area contributed by atoms with Crippen molar-refractivity contribution in [1.82, 2.24) is 0 Å². The van der Waals surface area contributed by atoms with Crippen LogP contribution < -0.4 is 0 Å². The third-order valence-electron chi connectivity index (χ3n) is 2.67. The number of rotatable bonds is 14. The Balaban J connectivity index is -0.0000000616. The molecule has 0 saturated carbocycles. The molecule has 4 unspecified atom stereocenters. The second-order valence-corrected chi connectivity index (χ2v) is 5.28. The molecule has 0 fully saturated rings. The minimum Gasteiger partial charge on any atom is -0.394 e. The fourth-order valence-corrected chi connectivity index (χ4v) is 1.42. The number of aliphatic hydroxyl groups is 4. The van der Waals surface area contributed by atoms with E-state index < -0.39 is 12.2 Å². The van der Waals surface area contributed by atoms with Crippen LogP contribution in [-0.2, 0) is 18.9 Å². The molecule has 0 aliphatic rings. The molecule has 0 saturated heterocycles. The zero-order valence-electron chi connectivity index (χ0n) is 15.4. The number of aliphatic hydroxyl groups excluding tert-OH is 4. The summed E-state index contributed by atoms with van der Waals surface area (Å²) in [7, 11) is 0. The van der Waals surface area contributed by atoms with E-state index in [2.05, 4.69) is 0 Å². The highest BCUT2D eigenvalue weighted by Gasteiger charge is 2.08. The molecule has 4 N–H and O–H groups in total. The lowest BCUT2D eigenvalue weighted by Crippen LogP contribution is -2.27. The molecule has 0 radical (unpaired) electrons. The van der Waals surface area contributed by atoms with E-state index in [1.807, 2.05) is 20.8 Å². The Labute approximate surface area is 182 Å². The normalized spacial score (nSPS) is 13.2. The minimum atomic E-state index is -0.879. The Morgan fingerprint density at radius 1 is 0.586 bits per heavy atom. The predicted molar refractivity (Wildman–Crippen MR) is 124 cm³/mol. The van der Waals surface area contributed by atoms with Gasteiger partial charge in [-0.25, -0.2) is 0 Å². The lowest BCUT2D eigenvalue weighted by Gasteiger charge is -2.16. The van der Waals surface area contributed by atoms with Gasteiger partial charge in [-0.15, -0.1) is 0 Å². The van der Waals surface area contributed by atoms with Gasteiger partial charge < -0.3 is 39.4 Å². The van der Waals surface area contributed by atoms with Crippen molar-refractivity contribution in [3.05, 3.63) is 0 Å². The molecule has 0 rings (SSSR count). The van der Waals surface area contributed by atoms with Crippen molar-refractivity contribution in [2.75, 3.05) is 52.9 Å². The van der Waals surface area contributed by atoms with E-state index in [0.717, 1.165) is 13.2 Å². The van der Waals surface area contributed by atoms with E-state index in [1.54, 1.807) is 6.92 Å². The molecule has 0 amide bonds. The van der Waals surface area contributed by atoms with Gasteiger partial charge in [-0.2, -0.15) is 0 Å². The first kappa shape index (κ1) is 46.8. The Bertz CT molecular complexity index is 245. The summed E-state index contributed by atoms with van der Waals surface area (Å²) in [5.74, 6) is 0. The van der Waals surface area contributed by atoms with Crippen molar-refractivity contribution in [2.24, 2.45) is 0 Å². The second-order valence-electron chi connectivity index (χ2n) is 5.28. The van der Waals surface area contributed by atoms with Gasteiger partial charge in [-0.1, -0.05) is 37.1 Å². The molecule has 0 aliphatic carbocycles. The molecule has 0 bridgehead atoms. The minimum absolute atomic E-state index is 0. The highest BCUT2D eigenvalue weighted by atomic mass is 16.5. The fourth-order valence-electron chi connectivity index (χ4n) is 1.42. The first-order valence-corrected chi connectivity index (χ1v) is 8.37. The van der Waals surface area contributed by atoms with Gasteiger partial charge in [0, 0.05) is 13.2 Å². The Morgan fingerprint density at radius 2 is 1.00 bits per heavy atom. The van der Waals surface area contributed by atoms with Crippen molar-refractivity contribution in [3.63, 3.8) is 0 Å². The molecule has 0 aromatic carbocycles. The van der Waals surface area contributed by atoms with Gasteiger partial charge in [0.1, 0.15) is 12.2 Å². The van der Waals surface area contributed by atoms with Crippen LogP contribution in [0.15, 0.2) is 0 Å². The maximum atomic E-state index is 8.97. The Morgan fingerprint density at radius 3 is 1.41 bits per heavy atom. The third kappa shape index (κ3) is 38.8. The van der Waals surface area contributed by atoms with Gasteiger partial charge in [0.2, 0.25) is 0 Å². The summed E-state index contributed by atoms with van der Waals surface area (Å²) in [4.78, 5) is 0. The largest absolute Gasteiger partial charge is 0.394 e. The fraction of sp³-hybridized carbons (Fsp3) is 1.00. The monoisotopic (exact) mass is 436 g/mol. The average Bonchev–Trinajstić information content (AvgIpc) is 2.58. The molecule has 8 heteroatoms. The second kappa shape index (κ2) is 35.1. The van der Waals surface area contributed by atoms with Crippen LogP contribution in [0.2, 0.25) is 0 Å². The van der Waals surface area contributed by atoms with Gasteiger partial charge in [-0.3, -0.25) is 0 Å². The van der Waals surface area contributed by atoms with Gasteiger partial charge >= 0.3 is 0 Å². The number of hydrogen-bond acceptors (Lipinski definition) is 8. The summed E-state index contributed by atoms with van der Waals surface area (Å²) in [5.41, 5.74) is 0. The summed E-state index contributed by atoms with van der Waals surface area (Å²) in [5, 5.41) is 34.9. The lowest BCUT2D eigenvalue weighted by molar-refractivity contribution is -0.0670. The molecule has 188 valence electrons. The van der Waals surface area contributed by atoms with Crippen molar-refractivity contribution in [3.8, 4) is 0 Å². The van der Waals surface area contributed by atoms with E-state index in [9.17, 15) is 0 Å². The molecule has 0 heterocycles. The zero-order chi connectivity index (χ0) is 18.8. The molecule has 0 aromatic heterocycles. The Kier molecular flexibility index (Phi) is 56.6. The van der Waals surface area contributed by atoms with Crippen molar-refractivity contribution in [2.45, 2.75) is 89.2 Å². The van der Waals surface area contributed by atoms with Crippen molar-refractivity contribution >= 4 is 0 Å². The molecule has 8 nitrogen and oxygen atoms in total. The first-order valence-electron chi connectivity index (χ1n) is 8.37. The van der Waals surface area contributed by atoms with Gasteiger partial charge in [0.15, 0.2) is 0 Å². The van der Waals surface area contributed by atoms with Crippen LogP contribution in [0.5, 0.6) is 0 Å². The van der Waals surface area contributed by atoms with Crippen molar-refractivity contribution in [1.29, 1.82) is 0 Å². The first-order chi connectivity index (χ1) is 11.4. The maximum absolute atomic E-state index is 8.97. The van der Waals surface area contributed by atoms with Gasteiger partial charge in [-0.05, 0) is 27.7 Å². The maximum Gasteiger partial charge on any atom is 0.100 e. The molecule has 4 atom stereocenters. The van der Waals surface area contributed by atoms with Crippen LogP contribution in [0, 0.1) is 0 Å². The number of ether oxygens (including phenoxy) is 4. The van der Waals surface area contributed by atoms with E-state index >= 15 is 0 Å². The Hall–Kier alpha value is -0.320. The summed E-state index contributed by atoms with van der Waals surface area (Å²) >= 11 is 0. The van der Waals surface area contributed by atoms with Crippen LogP contribution in [0.3, 0.4) is 0 Å². The van der Waals surface area contributed by atoms with Crippen LogP contribution in [0.1, 0.15) is 64.8 Å². The van der Waals surface area contributed by atoms with Crippen LogP contribution in [-0.4, -0.2) is 97.7 Å². The van der Waals surface area contributed by atoms with Gasteiger partial charge in [0.25, 0.3) is 0 Å². The quantitative estimate of drug-likeness (QED) is 0.328. The van der Waals surface area contributed by atoms with Crippen LogP contribution >= 0.6 is 0 Å². The third-order valence-corrected chi connectivity index (χ3v) is 2.67. The van der Waals surface area contributed by atoms with E-state index in [4.69, 9.17) is 39.4 Å². The zero-order valence-corrected chi connectivity index (χ0v) is 15.4. The topological polar surface area (TPSA) is 118 Å². The summed E-state index contributed by atoms with van der Waals surface area (Å²) < 4.78 is 20.5. The average molecular weight is 437 g/mol. The molecule has 29 heavy (non-hydrogen) atoms. The molecular weight excluding hydrogens is 380 g/mol. The van der Waals surface area contributed by atoms with Crippen molar-refractivity contribution < 1.29 is 39.4 Å². The highest BCUT2D eigenvalue weighted by molar-refractivity contribution is 4.55. The molecule has 0 aromatic rings. The van der Waals surface area contributed by atoms with Crippen LogP contribution in [0.25, 0.3) is 0 Å². The van der Waals surface area contributed by atoms with E-state index in [1.165, 1.54) is 0 Å². The molecule has 0 spiro atoms. The van der Waals surface area contributed by atoms with E-state index in [-0.39, 0.29) is 82.4 Å². The smallest absolute Gasteiger partial charge is 0.100 e. The van der Waals surface area contributed by atoms with E-state index in [0.29, 0.717) is 6.61 Å². The molecular formula is C21H56O8.